The summed E-state index contributed by atoms with van der Waals surface area (Å²) in [6.45, 7) is 0.148. The fraction of sp³-hybridized carbons (Fsp3) is 0.200. The highest BCUT2D eigenvalue weighted by Crippen LogP contribution is 2.25. The molecule has 0 atom stereocenters. The van der Waals surface area contributed by atoms with E-state index in [2.05, 4.69) is 15.0 Å². The van der Waals surface area contributed by atoms with Crippen molar-refractivity contribution in [2.24, 2.45) is 0 Å². The molecule has 150 valence electrons. The van der Waals surface area contributed by atoms with Crippen LogP contribution in [0.1, 0.15) is 16.1 Å². The molecule has 0 aliphatic heterocycles. The number of aromatic hydroxyl groups is 1. The number of benzene rings is 1. The number of H-pyrrole nitrogens is 1. The van der Waals surface area contributed by atoms with E-state index in [1.165, 1.54) is 30.3 Å². The number of carbonyl (C=O) groups excluding carboxylic acids is 1. The van der Waals surface area contributed by atoms with Crippen molar-refractivity contribution >= 4 is 11.6 Å². The number of hydrogen-bond donors (Lipinski definition) is 2. The third-order valence-electron chi connectivity index (χ3n) is 4.27. The Balaban J connectivity index is 1.98. The lowest BCUT2D eigenvalue weighted by atomic mass is 10.2. The molecule has 2 aromatic heterocycles. The van der Waals surface area contributed by atoms with Crippen LogP contribution in [-0.2, 0) is 6.54 Å². The highest BCUT2D eigenvalue weighted by Gasteiger charge is 2.23. The van der Waals surface area contributed by atoms with Gasteiger partial charge in [-0.05, 0) is 29.8 Å². The number of carbonyl (C=O) groups is 1. The van der Waals surface area contributed by atoms with Crippen LogP contribution in [0.5, 0.6) is 5.75 Å². The van der Waals surface area contributed by atoms with Gasteiger partial charge in [0.1, 0.15) is 11.5 Å². The van der Waals surface area contributed by atoms with Gasteiger partial charge in [-0.15, -0.1) is 0 Å². The summed E-state index contributed by atoms with van der Waals surface area (Å²) in [6.07, 6.45) is 1.54. The average molecular weight is 397 g/mol. The summed E-state index contributed by atoms with van der Waals surface area (Å²) in [7, 11) is 5.11. The Morgan fingerprint density at radius 3 is 2.52 bits per heavy atom. The molecule has 0 aliphatic rings. The summed E-state index contributed by atoms with van der Waals surface area (Å²) >= 11 is 0. The zero-order valence-corrected chi connectivity index (χ0v) is 16.2. The smallest absolute Gasteiger partial charge is 0.294 e. The Labute approximate surface area is 166 Å². The average Bonchev–Trinajstić information content (AvgIpc) is 2.71. The van der Waals surface area contributed by atoms with Crippen molar-refractivity contribution in [3.05, 3.63) is 70.0 Å². The third-order valence-corrected chi connectivity index (χ3v) is 4.27. The fourth-order valence-corrected chi connectivity index (χ4v) is 2.78. The molecule has 0 bridgehead atoms. The second-order valence-electron chi connectivity index (χ2n) is 6.66. The molecule has 1 amide bonds. The summed E-state index contributed by atoms with van der Waals surface area (Å²) in [5.74, 6) is -1.74. The van der Waals surface area contributed by atoms with Crippen LogP contribution in [0.25, 0.3) is 11.5 Å². The lowest BCUT2D eigenvalue weighted by Crippen LogP contribution is -2.29. The second kappa shape index (κ2) is 8.09. The number of amides is 1. The van der Waals surface area contributed by atoms with Crippen LogP contribution < -0.4 is 10.5 Å². The molecular formula is C20H20FN5O3. The summed E-state index contributed by atoms with van der Waals surface area (Å²) < 4.78 is 13.1. The van der Waals surface area contributed by atoms with Gasteiger partial charge in [-0.1, -0.05) is 12.1 Å². The molecule has 29 heavy (non-hydrogen) atoms. The van der Waals surface area contributed by atoms with Crippen molar-refractivity contribution in [2.45, 2.75) is 6.54 Å². The Hall–Kier alpha value is -3.75. The molecule has 0 saturated carbocycles. The van der Waals surface area contributed by atoms with E-state index in [4.69, 9.17) is 0 Å². The number of nitrogens with one attached hydrogen (secondary N) is 1. The molecule has 0 unspecified atom stereocenters. The van der Waals surface area contributed by atoms with Crippen LogP contribution >= 0.6 is 0 Å². The molecule has 0 spiro atoms. The maximum absolute atomic E-state index is 13.1. The summed E-state index contributed by atoms with van der Waals surface area (Å²) in [6, 6.07) is 9.20. The van der Waals surface area contributed by atoms with Gasteiger partial charge in [-0.3, -0.25) is 14.6 Å². The number of pyridine rings is 1. The first-order valence-corrected chi connectivity index (χ1v) is 8.74. The maximum Gasteiger partial charge on any atom is 0.294 e. The minimum Gasteiger partial charge on any atom is -0.501 e. The quantitative estimate of drug-likeness (QED) is 0.683. The normalized spacial score (nSPS) is 10.6. The summed E-state index contributed by atoms with van der Waals surface area (Å²) in [4.78, 5) is 39.0. The topological polar surface area (TPSA) is 102 Å². The van der Waals surface area contributed by atoms with Crippen LogP contribution in [0.2, 0.25) is 0 Å². The molecule has 0 aliphatic carbocycles. The van der Waals surface area contributed by atoms with Crippen LogP contribution in [0.4, 0.5) is 10.1 Å². The first kappa shape index (κ1) is 20.0. The van der Waals surface area contributed by atoms with Gasteiger partial charge in [0.15, 0.2) is 11.5 Å². The predicted octanol–water partition coefficient (Wildman–Crippen LogP) is 2.01. The van der Waals surface area contributed by atoms with Gasteiger partial charge in [0.05, 0.1) is 5.69 Å². The number of anilines is 1. The third kappa shape index (κ3) is 4.23. The Morgan fingerprint density at radius 2 is 1.86 bits per heavy atom. The highest BCUT2D eigenvalue weighted by molar-refractivity contribution is 5.95. The van der Waals surface area contributed by atoms with E-state index in [1.54, 1.807) is 29.2 Å². The minimum absolute atomic E-state index is 0.0654. The number of aromatic amines is 1. The van der Waals surface area contributed by atoms with Crippen LogP contribution in [0, 0.1) is 5.82 Å². The van der Waals surface area contributed by atoms with Crippen molar-refractivity contribution in [2.75, 3.05) is 26.0 Å². The molecule has 0 saturated heterocycles. The van der Waals surface area contributed by atoms with Gasteiger partial charge in [-0.25, -0.2) is 9.37 Å². The standard InChI is InChI=1S/C20H20FN5O3/c1-25(2)14-5-4-10-22-15(14)18-23-16(17(27)19(28)24-18)20(29)26(3)11-12-6-8-13(21)9-7-12/h4-10,27H,11H2,1-3H3,(H,23,24,28). The monoisotopic (exact) mass is 397 g/mol. The van der Waals surface area contributed by atoms with Crippen molar-refractivity contribution in [1.82, 2.24) is 19.9 Å². The number of hydrogen-bond acceptors (Lipinski definition) is 6. The molecule has 9 heteroatoms. The lowest BCUT2D eigenvalue weighted by molar-refractivity contribution is 0.0775. The molecule has 2 heterocycles. The number of aromatic nitrogens is 3. The zero-order valence-electron chi connectivity index (χ0n) is 16.2. The van der Waals surface area contributed by atoms with Crippen molar-refractivity contribution < 1.29 is 14.3 Å². The second-order valence-corrected chi connectivity index (χ2v) is 6.66. The molecule has 1 aromatic carbocycles. The molecular weight excluding hydrogens is 377 g/mol. The molecule has 0 radical (unpaired) electrons. The first-order chi connectivity index (χ1) is 13.8. The zero-order chi connectivity index (χ0) is 21.1. The van der Waals surface area contributed by atoms with E-state index < -0.39 is 17.2 Å². The van der Waals surface area contributed by atoms with Gasteiger partial charge >= 0.3 is 0 Å². The first-order valence-electron chi connectivity index (χ1n) is 8.74. The molecule has 2 N–H and O–H groups in total. The Kier molecular flexibility index (Phi) is 5.58. The fourth-order valence-electron chi connectivity index (χ4n) is 2.78. The summed E-state index contributed by atoms with van der Waals surface area (Å²) in [5, 5.41) is 10.1. The largest absolute Gasteiger partial charge is 0.501 e. The molecule has 0 fully saturated rings. The maximum atomic E-state index is 13.1. The van der Waals surface area contributed by atoms with Crippen molar-refractivity contribution in [3.63, 3.8) is 0 Å². The molecule has 3 rings (SSSR count). The Bertz CT molecular complexity index is 1100. The van der Waals surface area contributed by atoms with Gasteiger partial charge in [0.25, 0.3) is 11.5 Å². The lowest BCUT2D eigenvalue weighted by Gasteiger charge is -2.18. The van der Waals surface area contributed by atoms with E-state index in [1.807, 2.05) is 14.1 Å². The van der Waals surface area contributed by atoms with E-state index in [9.17, 15) is 19.1 Å². The molecule has 3 aromatic rings. The van der Waals surface area contributed by atoms with E-state index in [-0.39, 0.29) is 23.9 Å². The predicted molar refractivity (Wildman–Crippen MR) is 106 cm³/mol. The number of halogens is 1. The van der Waals surface area contributed by atoms with Gasteiger partial charge in [0.2, 0.25) is 5.75 Å². The summed E-state index contributed by atoms with van der Waals surface area (Å²) in [5.41, 5.74) is 0.503. The van der Waals surface area contributed by atoms with Gasteiger partial charge in [-0.2, -0.15) is 0 Å². The minimum atomic E-state index is -0.844. The van der Waals surface area contributed by atoms with Crippen LogP contribution in [0.15, 0.2) is 47.4 Å². The highest BCUT2D eigenvalue weighted by atomic mass is 19.1. The van der Waals surface area contributed by atoms with E-state index in [0.29, 0.717) is 16.9 Å². The SMILES string of the molecule is CN(Cc1ccc(F)cc1)C(=O)c1nc(-c2ncccc2N(C)C)[nH]c(=O)c1O. The number of rotatable bonds is 5. The van der Waals surface area contributed by atoms with E-state index in [0.717, 1.165) is 0 Å². The van der Waals surface area contributed by atoms with Gasteiger partial charge < -0.3 is 19.9 Å². The Morgan fingerprint density at radius 1 is 1.17 bits per heavy atom. The van der Waals surface area contributed by atoms with Crippen LogP contribution in [0.3, 0.4) is 0 Å². The van der Waals surface area contributed by atoms with Crippen molar-refractivity contribution in [3.8, 4) is 17.3 Å². The number of nitrogens with zero attached hydrogens (tertiary/aromatic N) is 4. The van der Waals surface area contributed by atoms with Gasteiger partial charge in [0, 0.05) is 33.9 Å². The van der Waals surface area contributed by atoms with E-state index >= 15 is 0 Å². The van der Waals surface area contributed by atoms with Crippen molar-refractivity contribution in [1.29, 1.82) is 0 Å². The van der Waals surface area contributed by atoms with Crippen LogP contribution in [-0.4, -0.2) is 52.0 Å². The molecule has 8 nitrogen and oxygen atoms in total.